The molecule has 1 aromatic carbocycles. The summed E-state index contributed by atoms with van der Waals surface area (Å²) >= 11 is 0. The van der Waals surface area contributed by atoms with Crippen molar-refractivity contribution in [2.75, 3.05) is 6.26 Å². The minimum absolute atomic E-state index is 0.908. The first-order valence-corrected chi connectivity index (χ1v) is 5.88. The van der Waals surface area contributed by atoms with Gasteiger partial charge in [0.1, 0.15) is 0 Å². The van der Waals surface area contributed by atoms with E-state index in [1.54, 1.807) is 6.08 Å². The number of hydrogen-bond donors (Lipinski definition) is 0. The third-order valence-corrected chi connectivity index (χ3v) is 2.18. The van der Waals surface area contributed by atoms with E-state index in [0.29, 0.717) is 0 Å². The van der Waals surface area contributed by atoms with Gasteiger partial charge < -0.3 is 0 Å². The fourth-order valence-corrected chi connectivity index (χ4v) is 1.38. The first kappa shape index (κ1) is 9.99. The van der Waals surface area contributed by atoms with Gasteiger partial charge in [0.15, 0.2) is 9.84 Å². The molecule has 0 fully saturated rings. The van der Waals surface area contributed by atoms with Gasteiger partial charge in [0.2, 0.25) is 0 Å². The molecule has 0 aromatic heterocycles. The Balaban J connectivity index is 2.93. The zero-order valence-corrected chi connectivity index (χ0v) is 8.51. The Hall–Kier alpha value is -1.09. The molecule has 2 nitrogen and oxygen atoms in total. The monoisotopic (exact) mass is 196 g/mol. The highest BCUT2D eigenvalue weighted by Gasteiger charge is 1.93. The number of rotatable bonds is 2. The predicted octanol–water partition coefficient (Wildman–Crippen LogP) is 2.01. The topological polar surface area (TPSA) is 34.1 Å². The van der Waals surface area contributed by atoms with Crippen LogP contribution in [0.2, 0.25) is 0 Å². The van der Waals surface area contributed by atoms with E-state index in [0.717, 1.165) is 11.1 Å². The summed E-state index contributed by atoms with van der Waals surface area (Å²) in [6.07, 6.45) is 2.78. The fourth-order valence-electron chi connectivity index (χ4n) is 0.976. The summed E-state index contributed by atoms with van der Waals surface area (Å²) in [6.45, 7) is 1.97. The van der Waals surface area contributed by atoms with E-state index in [9.17, 15) is 8.42 Å². The van der Waals surface area contributed by atoms with E-state index >= 15 is 0 Å². The molecule has 0 aliphatic carbocycles. The van der Waals surface area contributed by atoms with Crippen LogP contribution in [0.15, 0.2) is 29.7 Å². The predicted molar refractivity (Wildman–Crippen MR) is 55.1 cm³/mol. The molecule has 0 saturated carbocycles. The van der Waals surface area contributed by atoms with E-state index in [4.69, 9.17) is 0 Å². The van der Waals surface area contributed by atoms with Crippen molar-refractivity contribution in [2.45, 2.75) is 6.92 Å². The summed E-state index contributed by atoms with van der Waals surface area (Å²) < 4.78 is 21.6. The maximum atomic E-state index is 10.8. The summed E-state index contributed by atoms with van der Waals surface area (Å²) in [4.78, 5) is 0. The van der Waals surface area contributed by atoms with Gasteiger partial charge in [-0.3, -0.25) is 0 Å². The van der Waals surface area contributed by atoms with Crippen molar-refractivity contribution in [3.63, 3.8) is 0 Å². The molecule has 0 atom stereocenters. The molecule has 0 amide bonds. The average Bonchev–Trinajstić information content (AvgIpc) is 2.00. The van der Waals surface area contributed by atoms with Crippen LogP contribution in [-0.4, -0.2) is 14.7 Å². The first-order valence-electron chi connectivity index (χ1n) is 3.92. The molecule has 13 heavy (non-hydrogen) atoms. The van der Waals surface area contributed by atoms with Crippen LogP contribution in [0.25, 0.3) is 6.08 Å². The van der Waals surface area contributed by atoms with Crippen LogP contribution < -0.4 is 0 Å². The average molecular weight is 196 g/mol. The second kappa shape index (κ2) is 3.75. The Kier molecular flexibility index (Phi) is 2.88. The van der Waals surface area contributed by atoms with Crippen molar-refractivity contribution in [2.24, 2.45) is 0 Å². The van der Waals surface area contributed by atoms with Gasteiger partial charge in [0.05, 0.1) is 0 Å². The minimum atomic E-state index is -3.02. The number of sulfone groups is 1. The lowest BCUT2D eigenvalue weighted by atomic mass is 10.1. The third kappa shape index (κ3) is 3.90. The molecular formula is C10H12O2S. The smallest absolute Gasteiger partial charge is 0.168 e. The van der Waals surface area contributed by atoms with E-state index in [-0.39, 0.29) is 0 Å². The van der Waals surface area contributed by atoms with Gasteiger partial charge in [0, 0.05) is 11.7 Å². The summed E-state index contributed by atoms with van der Waals surface area (Å²) in [5.74, 6) is 0. The van der Waals surface area contributed by atoms with Crippen LogP contribution in [-0.2, 0) is 9.84 Å². The first-order chi connectivity index (χ1) is 5.97. The molecule has 0 bridgehead atoms. The lowest BCUT2D eigenvalue weighted by Gasteiger charge is -1.94. The molecule has 0 N–H and O–H groups in total. The third-order valence-electron chi connectivity index (χ3n) is 1.55. The lowest BCUT2D eigenvalue weighted by molar-refractivity contribution is 0.610. The Morgan fingerprint density at radius 3 is 2.54 bits per heavy atom. The Labute approximate surface area is 78.8 Å². The molecule has 1 aromatic rings. The van der Waals surface area contributed by atoms with Crippen LogP contribution >= 0.6 is 0 Å². The van der Waals surface area contributed by atoms with E-state index in [1.807, 2.05) is 31.2 Å². The van der Waals surface area contributed by atoms with Crippen LogP contribution in [0, 0.1) is 6.92 Å². The molecule has 0 heterocycles. The van der Waals surface area contributed by atoms with Crippen LogP contribution in [0.3, 0.4) is 0 Å². The van der Waals surface area contributed by atoms with Crippen molar-refractivity contribution >= 4 is 15.9 Å². The maximum Gasteiger partial charge on any atom is 0.168 e. The number of aryl methyl sites for hydroxylation is 1. The zero-order chi connectivity index (χ0) is 9.90. The van der Waals surface area contributed by atoms with Gasteiger partial charge in [-0.1, -0.05) is 29.8 Å². The second-order valence-electron chi connectivity index (χ2n) is 3.05. The largest absolute Gasteiger partial charge is 0.225 e. The summed E-state index contributed by atoms with van der Waals surface area (Å²) in [6, 6.07) is 7.67. The van der Waals surface area contributed by atoms with E-state index < -0.39 is 9.84 Å². The van der Waals surface area contributed by atoms with Crippen molar-refractivity contribution < 1.29 is 8.42 Å². The summed E-state index contributed by atoms with van der Waals surface area (Å²) in [5.41, 5.74) is 2.03. The van der Waals surface area contributed by atoms with Crippen molar-refractivity contribution in [1.29, 1.82) is 0 Å². The molecule has 0 unspecified atom stereocenters. The van der Waals surface area contributed by atoms with E-state index in [1.165, 1.54) is 11.7 Å². The quantitative estimate of drug-likeness (QED) is 0.725. The van der Waals surface area contributed by atoms with Crippen LogP contribution in [0.5, 0.6) is 0 Å². The molecular weight excluding hydrogens is 184 g/mol. The van der Waals surface area contributed by atoms with Gasteiger partial charge in [-0.25, -0.2) is 8.42 Å². The molecule has 0 aliphatic heterocycles. The Morgan fingerprint density at radius 1 is 1.31 bits per heavy atom. The minimum Gasteiger partial charge on any atom is -0.225 e. The highest BCUT2D eigenvalue weighted by Crippen LogP contribution is 2.06. The molecule has 3 heteroatoms. The van der Waals surface area contributed by atoms with Gasteiger partial charge in [0.25, 0.3) is 0 Å². The molecule has 70 valence electrons. The normalized spacial score (nSPS) is 12.2. The number of hydrogen-bond acceptors (Lipinski definition) is 2. The van der Waals surface area contributed by atoms with Gasteiger partial charge in [-0.05, 0) is 18.6 Å². The molecule has 0 aliphatic rings. The van der Waals surface area contributed by atoms with Gasteiger partial charge >= 0.3 is 0 Å². The standard InChI is InChI=1S/C10H12O2S/c1-9-4-3-5-10(8-9)6-7-13(2,11)12/h3-8H,1-2H3/b7-6+. The highest BCUT2D eigenvalue weighted by atomic mass is 32.2. The molecule has 1 rings (SSSR count). The zero-order valence-electron chi connectivity index (χ0n) is 7.69. The number of benzene rings is 1. The van der Waals surface area contributed by atoms with Crippen LogP contribution in [0.4, 0.5) is 0 Å². The van der Waals surface area contributed by atoms with Gasteiger partial charge in [-0.2, -0.15) is 0 Å². The second-order valence-corrected chi connectivity index (χ2v) is 4.98. The Morgan fingerprint density at radius 2 is 2.00 bits per heavy atom. The molecule has 0 saturated heterocycles. The van der Waals surface area contributed by atoms with Crippen molar-refractivity contribution in [3.05, 3.63) is 40.8 Å². The Bertz CT molecular complexity index is 416. The van der Waals surface area contributed by atoms with Crippen molar-refractivity contribution in [1.82, 2.24) is 0 Å². The molecule has 0 spiro atoms. The fraction of sp³-hybridized carbons (Fsp3) is 0.200. The molecule has 0 radical (unpaired) electrons. The summed E-state index contributed by atoms with van der Waals surface area (Å²) in [7, 11) is -3.02. The highest BCUT2D eigenvalue weighted by molar-refractivity contribution is 7.93. The SMILES string of the molecule is Cc1cccc(/C=C/S(C)(=O)=O)c1. The maximum absolute atomic E-state index is 10.8. The van der Waals surface area contributed by atoms with E-state index in [2.05, 4.69) is 0 Å². The lowest BCUT2D eigenvalue weighted by Crippen LogP contribution is -1.87. The van der Waals surface area contributed by atoms with Crippen molar-refractivity contribution in [3.8, 4) is 0 Å². The summed E-state index contributed by atoms with van der Waals surface area (Å²) in [5, 5.41) is 1.21. The van der Waals surface area contributed by atoms with Gasteiger partial charge in [-0.15, -0.1) is 0 Å². The van der Waals surface area contributed by atoms with Crippen LogP contribution in [0.1, 0.15) is 11.1 Å².